The standard InChI is InChI=1S/C10H12O5.C10H12O3/c1-13-7-5-9(15-3)8(14-2)4-6(7)10(11)12;1-7-3-4-8(9(11)5-7)10(12)6-13-2/h4-5H,1-3H3,(H,11,12);3-5,11H,6H2,1-2H3. The molecular weight excluding hydrogens is 368 g/mol. The minimum absolute atomic E-state index is 0.00335. The van der Waals surface area contributed by atoms with Crippen LogP contribution >= 0.6 is 0 Å². The van der Waals surface area contributed by atoms with E-state index in [9.17, 15) is 14.7 Å². The highest BCUT2D eigenvalue weighted by atomic mass is 16.5. The van der Waals surface area contributed by atoms with Crippen LogP contribution in [0.5, 0.6) is 23.0 Å². The molecule has 2 aromatic rings. The summed E-state index contributed by atoms with van der Waals surface area (Å²) < 4.78 is 19.6. The van der Waals surface area contributed by atoms with E-state index in [-0.39, 0.29) is 29.5 Å². The Balaban J connectivity index is 0.000000283. The van der Waals surface area contributed by atoms with Crippen molar-refractivity contribution in [3.05, 3.63) is 47.0 Å². The minimum Gasteiger partial charge on any atom is -0.507 e. The van der Waals surface area contributed by atoms with E-state index in [0.29, 0.717) is 17.1 Å². The van der Waals surface area contributed by atoms with Crippen LogP contribution in [0.3, 0.4) is 0 Å². The number of carbonyl (C=O) groups is 2. The first-order chi connectivity index (χ1) is 13.3. The van der Waals surface area contributed by atoms with E-state index in [2.05, 4.69) is 4.74 Å². The molecule has 8 heteroatoms. The quantitative estimate of drug-likeness (QED) is 0.692. The van der Waals surface area contributed by atoms with Gasteiger partial charge in [0.1, 0.15) is 23.7 Å². The molecule has 2 rings (SSSR count). The van der Waals surface area contributed by atoms with Crippen LogP contribution in [0, 0.1) is 6.92 Å². The summed E-state index contributed by atoms with van der Waals surface area (Å²) in [6.45, 7) is 1.85. The Labute approximate surface area is 163 Å². The maximum absolute atomic E-state index is 11.3. The van der Waals surface area contributed by atoms with Crippen LogP contribution in [-0.2, 0) is 4.74 Å². The van der Waals surface area contributed by atoms with E-state index in [4.69, 9.17) is 19.3 Å². The third kappa shape index (κ3) is 5.88. The highest BCUT2D eigenvalue weighted by Crippen LogP contribution is 2.34. The number of aromatic hydroxyl groups is 1. The SMILES string of the molecule is COCC(=O)c1ccc(C)cc1O.COc1cc(OC)c(C(=O)O)cc1OC. The first-order valence-electron chi connectivity index (χ1n) is 8.14. The maximum atomic E-state index is 11.3. The number of carboxylic acid groups (broad SMARTS) is 1. The fourth-order valence-electron chi connectivity index (χ4n) is 2.28. The van der Waals surface area contributed by atoms with Gasteiger partial charge in [-0.1, -0.05) is 6.07 Å². The van der Waals surface area contributed by atoms with Crippen LogP contribution in [0.1, 0.15) is 26.3 Å². The smallest absolute Gasteiger partial charge is 0.339 e. The van der Waals surface area contributed by atoms with Gasteiger partial charge in [0, 0.05) is 19.2 Å². The zero-order chi connectivity index (χ0) is 21.3. The molecule has 0 bridgehead atoms. The molecule has 0 heterocycles. The second-order valence-corrected chi connectivity index (χ2v) is 5.59. The van der Waals surface area contributed by atoms with Gasteiger partial charge >= 0.3 is 5.97 Å². The lowest BCUT2D eigenvalue weighted by Crippen LogP contribution is -2.07. The number of ketones is 1. The molecule has 0 atom stereocenters. The maximum Gasteiger partial charge on any atom is 0.339 e. The lowest BCUT2D eigenvalue weighted by Gasteiger charge is -2.11. The summed E-state index contributed by atoms with van der Waals surface area (Å²) >= 11 is 0. The molecule has 0 aliphatic rings. The Morgan fingerprint density at radius 1 is 0.857 bits per heavy atom. The number of benzene rings is 2. The van der Waals surface area contributed by atoms with Crippen molar-refractivity contribution in [2.45, 2.75) is 6.92 Å². The van der Waals surface area contributed by atoms with Crippen molar-refractivity contribution in [2.24, 2.45) is 0 Å². The molecule has 2 N–H and O–H groups in total. The van der Waals surface area contributed by atoms with E-state index in [1.54, 1.807) is 18.2 Å². The molecule has 0 spiro atoms. The lowest BCUT2D eigenvalue weighted by atomic mass is 10.1. The van der Waals surface area contributed by atoms with Crippen molar-refractivity contribution in [3.63, 3.8) is 0 Å². The van der Waals surface area contributed by atoms with Gasteiger partial charge in [-0.15, -0.1) is 0 Å². The van der Waals surface area contributed by atoms with Crippen LogP contribution < -0.4 is 14.2 Å². The van der Waals surface area contributed by atoms with E-state index in [1.165, 1.54) is 40.6 Å². The molecule has 0 unspecified atom stereocenters. The monoisotopic (exact) mass is 392 g/mol. The topological polar surface area (TPSA) is 112 Å². The first-order valence-corrected chi connectivity index (χ1v) is 8.14. The number of ether oxygens (including phenoxy) is 4. The number of methoxy groups -OCH3 is 4. The summed E-state index contributed by atoms with van der Waals surface area (Å²) in [5.41, 5.74) is 1.27. The number of hydrogen-bond acceptors (Lipinski definition) is 7. The second kappa shape index (κ2) is 10.8. The molecule has 28 heavy (non-hydrogen) atoms. The predicted octanol–water partition coefficient (Wildman–Crippen LogP) is 2.94. The molecule has 152 valence electrons. The van der Waals surface area contributed by atoms with Crippen LogP contribution in [-0.4, -0.2) is 57.0 Å². The van der Waals surface area contributed by atoms with Gasteiger partial charge < -0.3 is 29.2 Å². The molecule has 0 amide bonds. The Bertz CT molecular complexity index is 829. The van der Waals surface area contributed by atoms with Crippen LogP contribution in [0.2, 0.25) is 0 Å². The molecule has 0 saturated heterocycles. The Hall–Kier alpha value is -3.26. The largest absolute Gasteiger partial charge is 0.507 e. The lowest BCUT2D eigenvalue weighted by molar-refractivity contribution is 0.0692. The number of hydrogen-bond donors (Lipinski definition) is 2. The fourth-order valence-corrected chi connectivity index (χ4v) is 2.28. The van der Waals surface area contributed by atoms with Crippen LogP contribution in [0.25, 0.3) is 0 Å². The molecule has 0 radical (unpaired) electrons. The molecular formula is C20H24O8. The zero-order valence-electron chi connectivity index (χ0n) is 16.4. The zero-order valence-corrected chi connectivity index (χ0v) is 16.4. The summed E-state index contributed by atoms with van der Waals surface area (Å²) in [7, 11) is 5.75. The number of carbonyl (C=O) groups excluding carboxylic acids is 1. The van der Waals surface area contributed by atoms with Crippen molar-refractivity contribution in [3.8, 4) is 23.0 Å². The van der Waals surface area contributed by atoms with Crippen molar-refractivity contribution in [2.75, 3.05) is 35.0 Å². The van der Waals surface area contributed by atoms with Gasteiger partial charge in [-0.05, 0) is 24.6 Å². The number of phenolic OH excluding ortho intramolecular Hbond substituents is 1. The van der Waals surface area contributed by atoms with Gasteiger partial charge in [-0.25, -0.2) is 4.79 Å². The van der Waals surface area contributed by atoms with Gasteiger partial charge in [0.05, 0.1) is 26.9 Å². The van der Waals surface area contributed by atoms with Gasteiger partial charge in [0.2, 0.25) is 0 Å². The van der Waals surface area contributed by atoms with E-state index in [0.717, 1.165) is 5.56 Å². The van der Waals surface area contributed by atoms with Crippen molar-refractivity contribution in [1.82, 2.24) is 0 Å². The van der Waals surface area contributed by atoms with Crippen molar-refractivity contribution in [1.29, 1.82) is 0 Å². The average Bonchev–Trinajstić information content (AvgIpc) is 2.67. The van der Waals surface area contributed by atoms with E-state index < -0.39 is 5.97 Å². The average molecular weight is 392 g/mol. The van der Waals surface area contributed by atoms with E-state index in [1.807, 2.05) is 6.92 Å². The normalized spacial score (nSPS) is 9.75. The number of carboxylic acids is 1. The van der Waals surface area contributed by atoms with Gasteiger partial charge in [-0.2, -0.15) is 0 Å². The van der Waals surface area contributed by atoms with Crippen LogP contribution in [0.4, 0.5) is 0 Å². The summed E-state index contributed by atoms with van der Waals surface area (Å²) in [4.78, 5) is 22.2. The predicted molar refractivity (Wildman–Crippen MR) is 102 cm³/mol. The summed E-state index contributed by atoms with van der Waals surface area (Å²) in [5, 5.41) is 18.3. The Morgan fingerprint density at radius 3 is 1.89 bits per heavy atom. The number of rotatable bonds is 7. The third-order valence-electron chi connectivity index (χ3n) is 3.67. The molecule has 0 aliphatic heterocycles. The van der Waals surface area contributed by atoms with Gasteiger partial charge in [0.25, 0.3) is 0 Å². The highest BCUT2D eigenvalue weighted by Gasteiger charge is 2.16. The Kier molecular flexibility index (Phi) is 8.77. The van der Waals surface area contributed by atoms with E-state index >= 15 is 0 Å². The molecule has 0 aliphatic carbocycles. The minimum atomic E-state index is -1.08. The number of phenols is 1. The fraction of sp³-hybridized carbons (Fsp3) is 0.300. The third-order valence-corrected chi connectivity index (χ3v) is 3.67. The summed E-state index contributed by atoms with van der Waals surface area (Å²) in [5.74, 6) is -0.245. The van der Waals surface area contributed by atoms with Gasteiger partial charge in [-0.3, -0.25) is 4.79 Å². The van der Waals surface area contributed by atoms with Gasteiger partial charge in [0.15, 0.2) is 17.3 Å². The number of Topliss-reactive ketones (excluding diaryl/α,β-unsaturated/α-hetero) is 1. The summed E-state index contributed by atoms with van der Waals surface area (Å²) in [6.07, 6.45) is 0. The van der Waals surface area contributed by atoms with Crippen molar-refractivity contribution >= 4 is 11.8 Å². The first kappa shape index (κ1) is 22.8. The molecule has 0 saturated carbocycles. The number of aryl methyl sites for hydroxylation is 1. The molecule has 0 fully saturated rings. The summed E-state index contributed by atoms with van der Waals surface area (Å²) in [6, 6.07) is 7.78. The van der Waals surface area contributed by atoms with Crippen LogP contribution in [0.15, 0.2) is 30.3 Å². The number of aromatic carboxylic acids is 1. The molecule has 8 nitrogen and oxygen atoms in total. The molecule has 2 aromatic carbocycles. The molecule has 0 aromatic heterocycles. The Morgan fingerprint density at radius 2 is 1.43 bits per heavy atom. The van der Waals surface area contributed by atoms with Crippen molar-refractivity contribution < 1.29 is 38.7 Å². The highest BCUT2D eigenvalue weighted by molar-refractivity contribution is 5.99. The second-order valence-electron chi connectivity index (χ2n) is 5.59.